The van der Waals surface area contributed by atoms with Gasteiger partial charge in [-0.05, 0) is 56.6 Å². The predicted octanol–water partition coefficient (Wildman–Crippen LogP) is 2.97. The summed E-state index contributed by atoms with van der Waals surface area (Å²) in [6, 6.07) is 6.84. The average molecular weight is 246 g/mol. The van der Waals surface area contributed by atoms with E-state index in [1.807, 2.05) is 13.0 Å². The van der Waals surface area contributed by atoms with Crippen LogP contribution in [0.4, 0.5) is 5.69 Å². The van der Waals surface area contributed by atoms with Gasteiger partial charge < -0.3 is 10.2 Å². The van der Waals surface area contributed by atoms with Crippen molar-refractivity contribution in [1.82, 2.24) is 4.90 Å². The van der Waals surface area contributed by atoms with Crippen LogP contribution in [0.3, 0.4) is 0 Å². The van der Waals surface area contributed by atoms with Crippen LogP contribution in [-0.2, 0) is 11.2 Å². The molecular formula is C15H22N2O. The van der Waals surface area contributed by atoms with Crippen LogP contribution in [-0.4, -0.2) is 24.9 Å². The second kappa shape index (κ2) is 5.53. The highest BCUT2D eigenvalue weighted by atomic mass is 16.1. The number of hydrogen-bond acceptors (Lipinski definition) is 2. The number of nitrogens with zero attached hydrogens (tertiary/aromatic N) is 1. The van der Waals surface area contributed by atoms with Gasteiger partial charge in [-0.1, -0.05) is 13.0 Å². The maximum Gasteiger partial charge on any atom is 0.224 e. The molecule has 1 aromatic rings. The number of nitrogens with one attached hydrogen (secondary N) is 1. The average Bonchev–Trinajstić information content (AvgIpc) is 2.72. The van der Waals surface area contributed by atoms with Crippen molar-refractivity contribution in [1.29, 1.82) is 0 Å². The molecule has 0 spiro atoms. The summed E-state index contributed by atoms with van der Waals surface area (Å²) in [7, 11) is 4.24. The molecule has 1 aliphatic rings. The molecule has 2 rings (SSSR count). The SMILES string of the molecule is CCCC(=O)Nc1ccc2c(c1)CCC2N(C)C. The Morgan fingerprint density at radius 1 is 1.44 bits per heavy atom. The first-order valence-electron chi connectivity index (χ1n) is 6.71. The molecule has 0 aromatic heterocycles. The number of fused-ring (bicyclic) bond motifs is 1. The van der Waals surface area contributed by atoms with Gasteiger partial charge in [0.1, 0.15) is 0 Å². The zero-order chi connectivity index (χ0) is 13.1. The normalized spacial score (nSPS) is 17.9. The van der Waals surface area contributed by atoms with Crippen LogP contribution < -0.4 is 5.32 Å². The molecule has 1 atom stereocenters. The van der Waals surface area contributed by atoms with E-state index < -0.39 is 0 Å². The fourth-order valence-electron chi connectivity index (χ4n) is 2.66. The first kappa shape index (κ1) is 13.1. The zero-order valence-corrected chi connectivity index (χ0v) is 11.5. The number of hydrogen-bond donors (Lipinski definition) is 1. The Kier molecular flexibility index (Phi) is 4.02. The van der Waals surface area contributed by atoms with Crippen molar-refractivity contribution in [2.24, 2.45) is 0 Å². The van der Waals surface area contributed by atoms with Crippen LogP contribution in [0, 0.1) is 0 Å². The third-order valence-electron chi connectivity index (χ3n) is 3.57. The monoisotopic (exact) mass is 246 g/mol. The van der Waals surface area contributed by atoms with E-state index in [2.05, 4.69) is 36.4 Å². The number of carbonyl (C=O) groups is 1. The van der Waals surface area contributed by atoms with Crippen molar-refractivity contribution in [3.05, 3.63) is 29.3 Å². The van der Waals surface area contributed by atoms with E-state index in [4.69, 9.17) is 0 Å². The van der Waals surface area contributed by atoms with Crippen LogP contribution in [0.25, 0.3) is 0 Å². The second-order valence-corrected chi connectivity index (χ2v) is 5.23. The number of anilines is 1. The maximum atomic E-state index is 11.6. The summed E-state index contributed by atoms with van der Waals surface area (Å²) >= 11 is 0. The van der Waals surface area contributed by atoms with Crippen molar-refractivity contribution in [3.8, 4) is 0 Å². The number of aryl methyl sites for hydroxylation is 1. The summed E-state index contributed by atoms with van der Waals surface area (Å²) < 4.78 is 0. The minimum absolute atomic E-state index is 0.111. The van der Waals surface area contributed by atoms with Crippen LogP contribution in [0.2, 0.25) is 0 Å². The molecule has 1 unspecified atom stereocenters. The van der Waals surface area contributed by atoms with Crippen molar-refractivity contribution >= 4 is 11.6 Å². The molecule has 0 aliphatic heterocycles. The fourth-order valence-corrected chi connectivity index (χ4v) is 2.66. The lowest BCUT2D eigenvalue weighted by atomic mass is 10.1. The Morgan fingerprint density at radius 3 is 2.89 bits per heavy atom. The van der Waals surface area contributed by atoms with E-state index in [0.29, 0.717) is 12.5 Å². The molecular weight excluding hydrogens is 224 g/mol. The Hall–Kier alpha value is -1.35. The highest BCUT2D eigenvalue weighted by Crippen LogP contribution is 2.35. The van der Waals surface area contributed by atoms with E-state index in [9.17, 15) is 4.79 Å². The van der Waals surface area contributed by atoms with E-state index in [1.54, 1.807) is 0 Å². The van der Waals surface area contributed by atoms with Gasteiger partial charge in [0.2, 0.25) is 5.91 Å². The molecule has 0 bridgehead atoms. The van der Waals surface area contributed by atoms with Crippen molar-refractivity contribution in [2.45, 2.75) is 38.6 Å². The standard InChI is InChI=1S/C15H22N2O/c1-4-5-15(18)16-12-7-8-13-11(10-12)6-9-14(13)17(2)3/h7-8,10,14H,4-6,9H2,1-3H3,(H,16,18). The van der Waals surface area contributed by atoms with Crippen molar-refractivity contribution in [2.75, 3.05) is 19.4 Å². The van der Waals surface area contributed by atoms with E-state index in [0.717, 1.165) is 18.5 Å². The Morgan fingerprint density at radius 2 is 2.22 bits per heavy atom. The van der Waals surface area contributed by atoms with E-state index in [-0.39, 0.29) is 5.91 Å². The maximum absolute atomic E-state index is 11.6. The highest BCUT2D eigenvalue weighted by Gasteiger charge is 2.24. The first-order valence-corrected chi connectivity index (χ1v) is 6.71. The van der Waals surface area contributed by atoms with Gasteiger partial charge in [-0.25, -0.2) is 0 Å². The summed E-state index contributed by atoms with van der Waals surface area (Å²) in [5, 5.41) is 2.96. The third kappa shape index (κ3) is 2.72. The lowest BCUT2D eigenvalue weighted by molar-refractivity contribution is -0.116. The lowest BCUT2D eigenvalue weighted by Crippen LogP contribution is -2.17. The molecule has 18 heavy (non-hydrogen) atoms. The third-order valence-corrected chi connectivity index (χ3v) is 3.57. The molecule has 0 radical (unpaired) electrons. The topological polar surface area (TPSA) is 32.3 Å². The summed E-state index contributed by atoms with van der Waals surface area (Å²) in [5.41, 5.74) is 3.73. The zero-order valence-electron chi connectivity index (χ0n) is 11.5. The molecule has 1 aliphatic carbocycles. The molecule has 0 saturated heterocycles. The van der Waals surface area contributed by atoms with Gasteiger partial charge >= 0.3 is 0 Å². The van der Waals surface area contributed by atoms with Gasteiger partial charge in [0.25, 0.3) is 0 Å². The molecule has 0 fully saturated rings. The molecule has 3 heteroatoms. The molecule has 1 N–H and O–H groups in total. The second-order valence-electron chi connectivity index (χ2n) is 5.23. The minimum atomic E-state index is 0.111. The Labute approximate surface area is 109 Å². The first-order chi connectivity index (χ1) is 8.61. The van der Waals surface area contributed by atoms with Gasteiger partial charge in [-0.3, -0.25) is 4.79 Å². The van der Waals surface area contributed by atoms with Gasteiger partial charge in [0.15, 0.2) is 0 Å². The smallest absolute Gasteiger partial charge is 0.224 e. The number of carbonyl (C=O) groups excluding carboxylic acids is 1. The number of rotatable bonds is 4. The van der Waals surface area contributed by atoms with Crippen LogP contribution in [0.15, 0.2) is 18.2 Å². The predicted molar refractivity (Wildman–Crippen MR) is 74.7 cm³/mol. The molecule has 3 nitrogen and oxygen atoms in total. The van der Waals surface area contributed by atoms with Crippen LogP contribution in [0.5, 0.6) is 0 Å². The summed E-state index contributed by atoms with van der Waals surface area (Å²) in [4.78, 5) is 13.8. The molecule has 1 aromatic carbocycles. The fraction of sp³-hybridized carbons (Fsp3) is 0.533. The minimum Gasteiger partial charge on any atom is -0.326 e. The summed E-state index contributed by atoms with van der Waals surface area (Å²) in [5.74, 6) is 0.111. The molecule has 0 saturated carbocycles. The van der Waals surface area contributed by atoms with Crippen LogP contribution >= 0.6 is 0 Å². The summed E-state index contributed by atoms with van der Waals surface area (Å²) in [6.07, 6.45) is 3.77. The number of benzene rings is 1. The molecule has 98 valence electrons. The van der Waals surface area contributed by atoms with Gasteiger partial charge in [0.05, 0.1) is 0 Å². The Bertz CT molecular complexity index is 440. The van der Waals surface area contributed by atoms with Gasteiger partial charge in [0, 0.05) is 18.2 Å². The van der Waals surface area contributed by atoms with Gasteiger partial charge in [-0.2, -0.15) is 0 Å². The highest BCUT2D eigenvalue weighted by molar-refractivity contribution is 5.90. The summed E-state index contributed by atoms with van der Waals surface area (Å²) in [6.45, 7) is 2.02. The van der Waals surface area contributed by atoms with Crippen LogP contribution in [0.1, 0.15) is 43.4 Å². The van der Waals surface area contributed by atoms with Gasteiger partial charge in [-0.15, -0.1) is 0 Å². The van der Waals surface area contributed by atoms with E-state index in [1.165, 1.54) is 17.5 Å². The largest absolute Gasteiger partial charge is 0.326 e. The van der Waals surface area contributed by atoms with E-state index >= 15 is 0 Å². The quantitative estimate of drug-likeness (QED) is 0.885. The lowest BCUT2D eigenvalue weighted by Gasteiger charge is -2.20. The number of amides is 1. The van der Waals surface area contributed by atoms with Crippen molar-refractivity contribution < 1.29 is 4.79 Å². The van der Waals surface area contributed by atoms with Crippen molar-refractivity contribution in [3.63, 3.8) is 0 Å². The molecule has 1 amide bonds. The Balaban J connectivity index is 2.12. The molecule has 0 heterocycles.